The second kappa shape index (κ2) is 6.79. The van der Waals surface area contributed by atoms with E-state index in [0.717, 1.165) is 18.8 Å². The summed E-state index contributed by atoms with van der Waals surface area (Å²) in [5, 5.41) is 3.43. The van der Waals surface area contributed by atoms with E-state index in [4.69, 9.17) is 0 Å². The highest BCUT2D eigenvalue weighted by Gasteiger charge is 2.24. The van der Waals surface area contributed by atoms with E-state index in [1.54, 1.807) is 12.1 Å². The normalized spacial score (nSPS) is 22.0. The van der Waals surface area contributed by atoms with Gasteiger partial charge in [0.2, 0.25) is 0 Å². The van der Waals surface area contributed by atoms with Gasteiger partial charge in [-0.25, -0.2) is 8.42 Å². The van der Waals surface area contributed by atoms with Crippen LogP contribution in [0.2, 0.25) is 0 Å². The Labute approximate surface area is 128 Å². The van der Waals surface area contributed by atoms with Crippen molar-refractivity contribution in [2.75, 3.05) is 31.2 Å². The molecule has 1 aromatic carbocycles. The molecule has 0 aromatic heterocycles. The minimum absolute atomic E-state index is 0.266. The van der Waals surface area contributed by atoms with Gasteiger partial charge in [-0.1, -0.05) is 19.1 Å². The molecule has 2 rings (SSSR count). The van der Waals surface area contributed by atoms with Crippen molar-refractivity contribution in [2.45, 2.75) is 37.6 Å². The first kappa shape index (κ1) is 16.3. The average molecular weight is 310 g/mol. The van der Waals surface area contributed by atoms with E-state index in [1.807, 2.05) is 12.1 Å². The van der Waals surface area contributed by atoms with Crippen molar-refractivity contribution in [2.24, 2.45) is 5.92 Å². The molecular weight excluding hydrogens is 284 g/mol. The third-order valence-corrected chi connectivity index (χ3v) is 5.52. The van der Waals surface area contributed by atoms with Crippen molar-refractivity contribution in [3.63, 3.8) is 0 Å². The lowest BCUT2D eigenvalue weighted by Crippen LogP contribution is -2.41. The molecule has 1 aromatic rings. The van der Waals surface area contributed by atoms with Crippen LogP contribution in [0.4, 0.5) is 5.69 Å². The zero-order valence-electron chi connectivity index (χ0n) is 13.2. The first-order valence-corrected chi connectivity index (χ1v) is 9.59. The lowest BCUT2D eigenvalue weighted by Gasteiger charge is -2.36. The van der Waals surface area contributed by atoms with Crippen LogP contribution in [-0.2, 0) is 9.84 Å². The van der Waals surface area contributed by atoms with Gasteiger partial charge in [0.1, 0.15) is 0 Å². The molecule has 0 bridgehead atoms. The summed E-state index contributed by atoms with van der Waals surface area (Å²) < 4.78 is 23.7. The molecule has 0 amide bonds. The molecular formula is C16H26N2O2S. The molecule has 21 heavy (non-hydrogen) atoms. The molecule has 0 spiro atoms. The number of benzene rings is 1. The number of sulfone groups is 1. The van der Waals surface area contributed by atoms with E-state index in [1.165, 1.54) is 25.6 Å². The molecule has 2 atom stereocenters. The lowest BCUT2D eigenvalue weighted by atomic mass is 9.91. The van der Waals surface area contributed by atoms with Crippen LogP contribution < -0.4 is 5.32 Å². The van der Waals surface area contributed by atoms with E-state index in [0.29, 0.717) is 10.8 Å². The van der Waals surface area contributed by atoms with Gasteiger partial charge < -0.3 is 10.2 Å². The zero-order valence-corrected chi connectivity index (χ0v) is 14.0. The van der Waals surface area contributed by atoms with Gasteiger partial charge in [0, 0.05) is 18.8 Å². The number of hydrogen-bond acceptors (Lipinski definition) is 4. The molecule has 5 heteroatoms. The summed E-state index contributed by atoms with van der Waals surface area (Å²) in [6.45, 7) is 7.71. The summed E-state index contributed by atoms with van der Waals surface area (Å²) >= 11 is 0. The molecule has 0 saturated carbocycles. The highest BCUT2D eigenvalue weighted by molar-refractivity contribution is 7.90. The highest BCUT2D eigenvalue weighted by atomic mass is 32.2. The number of hydrogen-bond donors (Lipinski definition) is 1. The van der Waals surface area contributed by atoms with Crippen LogP contribution in [0.3, 0.4) is 0 Å². The van der Waals surface area contributed by atoms with Crippen molar-refractivity contribution < 1.29 is 8.42 Å². The summed E-state index contributed by atoms with van der Waals surface area (Å²) in [5.41, 5.74) is 0.723. The Hall–Kier alpha value is -1.07. The van der Waals surface area contributed by atoms with E-state index in [-0.39, 0.29) is 6.04 Å². The van der Waals surface area contributed by atoms with Crippen LogP contribution in [0, 0.1) is 5.92 Å². The largest absolute Gasteiger partial charge is 0.381 e. The Balaban J connectivity index is 2.11. The monoisotopic (exact) mass is 310 g/mol. The Morgan fingerprint density at radius 1 is 1.38 bits per heavy atom. The minimum atomic E-state index is -3.20. The molecule has 1 fully saturated rings. The summed E-state index contributed by atoms with van der Waals surface area (Å²) in [4.78, 5) is 2.86. The Morgan fingerprint density at radius 3 is 2.76 bits per heavy atom. The van der Waals surface area contributed by atoms with Gasteiger partial charge >= 0.3 is 0 Å². The van der Waals surface area contributed by atoms with Crippen molar-refractivity contribution in [3.05, 3.63) is 24.3 Å². The Bertz CT molecular complexity index is 571. The van der Waals surface area contributed by atoms with E-state index < -0.39 is 9.84 Å². The fraction of sp³-hybridized carbons (Fsp3) is 0.625. The molecule has 1 N–H and O–H groups in total. The van der Waals surface area contributed by atoms with Crippen molar-refractivity contribution in [3.8, 4) is 0 Å². The van der Waals surface area contributed by atoms with Gasteiger partial charge in [-0.3, -0.25) is 0 Å². The third-order valence-electron chi connectivity index (χ3n) is 4.37. The van der Waals surface area contributed by atoms with Crippen molar-refractivity contribution in [1.82, 2.24) is 4.90 Å². The number of likely N-dealkylation sites (tertiary alicyclic amines) is 1. The zero-order chi connectivity index (χ0) is 15.5. The maximum absolute atomic E-state index is 11.9. The Kier molecular flexibility index (Phi) is 5.27. The summed E-state index contributed by atoms with van der Waals surface area (Å²) in [6.07, 6.45) is 3.68. The van der Waals surface area contributed by atoms with Crippen LogP contribution in [0.25, 0.3) is 0 Å². The quantitative estimate of drug-likeness (QED) is 0.908. The predicted octanol–water partition coefficient (Wildman–Crippen LogP) is 2.62. The SMILES string of the molecule is CCN1CCCC(C(C)Nc2ccccc2S(C)(=O)=O)C1. The fourth-order valence-electron chi connectivity index (χ4n) is 3.06. The molecule has 1 aliphatic rings. The topological polar surface area (TPSA) is 49.4 Å². The number of nitrogens with one attached hydrogen (secondary N) is 1. The average Bonchev–Trinajstić information content (AvgIpc) is 2.46. The van der Waals surface area contributed by atoms with Gasteiger partial charge in [0.15, 0.2) is 9.84 Å². The molecule has 118 valence electrons. The molecule has 1 saturated heterocycles. The van der Waals surface area contributed by atoms with Gasteiger partial charge in [0.05, 0.1) is 10.6 Å². The van der Waals surface area contributed by atoms with Crippen LogP contribution in [-0.4, -0.2) is 45.2 Å². The second-order valence-electron chi connectivity index (χ2n) is 6.00. The van der Waals surface area contributed by atoms with Crippen molar-refractivity contribution >= 4 is 15.5 Å². The molecule has 1 aliphatic heterocycles. The number of rotatable bonds is 5. The van der Waals surface area contributed by atoms with Crippen LogP contribution in [0.5, 0.6) is 0 Å². The molecule has 4 nitrogen and oxygen atoms in total. The molecule has 2 unspecified atom stereocenters. The number of para-hydroxylation sites is 1. The van der Waals surface area contributed by atoms with Gasteiger partial charge in [-0.15, -0.1) is 0 Å². The fourth-order valence-corrected chi connectivity index (χ4v) is 3.91. The number of anilines is 1. The maximum Gasteiger partial charge on any atom is 0.177 e. The van der Waals surface area contributed by atoms with E-state index in [9.17, 15) is 8.42 Å². The van der Waals surface area contributed by atoms with E-state index >= 15 is 0 Å². The van der Waals surface area contributed by atoms with E-state index in [2.05, 4.69) is 24.1 Å². The van der Waals surface area contributed by atoms with Gasteiger partial charge in [-0.05, 0) is 50.9 Å². The van der Waals surface area contributed by atoms with Gasteiger partial charge in [0.25, 0.3) is 0 Å². The Morgan fingerprint density at radius 2 is 2.10 bits per heavy atom. The summed E-state index contributed by atoms with van der Waals surface area (Å²) in [6, 6.07) is 7.44. The number of piperidine rings is 1. The second-order valence-corrected chi connectivity index (χ2v) is 7.98. The van der Waals surface area contributed by atoms with Crippen LogP contribution >= 0.6 is 0 Å². The third kappa shape index (κ3) is 4.20. The molecule has 0 aliphatic carbocycles. The lowest BCUT2D eigenvalue weighted by molar-refractivity contribution is 0.172. The maximum atomic E-state index is 11.9. The standard InChI is InChI=1S/C16H26N2O2S/c1-4-18-11-7-8-14(12-18)13(2)17-15-9-5-6-10-16(15)21(3,19)20/h5-6,9-10,13-14,17H,4,7-8,11-12H2,1-3H3. The number of nitrogens with zero attached hydrogens (tertiary/aromatic N) is 1. The van der Waals surface area contributed by atoms with Gasteiger partial charge in [-0.2, -0.15) is 0 Å². The highest BCUT2D eigenvalue weighted by Crippen LogP contribution is 2.26. The molecule has 1 heterocycles. The predicted molar refractivity (Wildman–Crippen MR) is 87.5 cm³/mol. The van der Waals surface area contributed by atoms with Crippen LogP contribution in [0.1, 0.15) is 26.7 Å². The summed E-state index contributed by atoms with van der Waals surface area (Å²) in [5.74, 6) is 0.561. The molecule has 0 radical (unpaired) electrons. The smallest absolute Gasteiger partial charge is 0.177 e. The van der Waals surface area contributed by atoms with Crippen molar-refractivity contribution in [1.29, 1.82) is 0 Å². The van der Waals surface area contributed by atoms with Crippen LogP contribution in [0.15, 0.2) is 29.2 Å². The first-order valence-electron chi connectivity index (χ1n) is 7.69. The first-order chi connectivity index (χ1) is 9.91. The minimum Gasteiger partial charge on any atom is -0.381 e. The summed E-state index contributed by atoms with van der Waals surface area (Å²) in [7, 11) is -3.20.